The average molecular weight is 387 g/mol. The number of hydrogen-bond donors (Lipinski definition) is 0. The summed E-state index contributed by atoms with van der Waals surface area (Å²) in [5.41, 5.74) is 3.06. The SMILES string of the molecule is Cc1nn(CCC#N)c(C)c1CCC(=O)N1CCN(C(=O)C2CCCO2)CC1. The van der Waals surface area contributed by atoms with Gasteiger partial charge >= 0.3 is 0 Å². The van der Waals surface area contributed by atoms with Gasteiger partial charge in [-0.3, -0.25) is 14.3 Å². The molecule has 0 saturated carbocycles. The molecule has 0 spiro atoms. The number of piperazine rings is 1. The Kier molecular flexibility index (Phi) is 6.68. The van der Waals surface area contributed by atoms with E-state index in [4.69, 9.17) is 10.00 Å². The van der Waals surface area contributed by atoms with Crippen molar-refractivity contribution in [3.8, 4) is 6.07 Å². The van der Waals surface area contributed by atoms with Gasteiger partial charge in [0.05, 0.1) is 24.7 Å². The fraction of sp³-hybridized carbons (Fsp3) is 0.700. The number of nitrogens with zero attached hydrogens (tertiary/aromatic N) is 5. The van der Waals surface area contributed by atoms with Crippen LogP contribution in [0.1, 0.15) is 42.6 Å². The van der Waals surface area contributed by atoms with E-state index in [1.165, 1.54) is 0 Å². The number of hydrogen-bond acceptors (Lipinski definition) is 5. The van der Waals surface area contributed by atoms with Crippen molar-refractivity contribution in [3.63, 3.8) is 0 Å². The van der Waals surface area contributed by atoms with Crippen LogP contribution in [0.25, 0.3) is 0 Å². The van der Waals surface area contributed by atoms with E-state index < -0.39 is 0 Å². The van der Waals surface area contributed by atoms with E-state index in [2.05, 4.69) is 11.2 Å². The van der Waals surface area contributed by atoms with Gasteiger partial charge in [-0.2, -0.15) is 10.4 Å². The van der Waals surface area contributed by atoms with Gasteiger partial charge in [0.15, 0.2) is 0 Å². The molecule has 2 aliphatic rings. The Hall–Kier alpha value is -2.40. The van der Waals surface area contributed by atoms with Crippen molar-refractivity contribution in [1.29, 1.82) is 5.26 Å². The maximum absolute atomic E-state index is 12.6. The fourth-order valence-corrected chi connectivity index (χ4v) is 4.01. The lowest BCUT2D eigenvalue weighted by atomic mass is 10.1. The molecule has 3 heterocycles. The van der Waals surface area contributed by atoms with E-state index >= 15 is 0 Å². The molecule has 1 aromatic rings. The van der Waals surface area contributed by atoms with Crippen LogP contribution in [0.4, 0.5) is 0 Å². The van der Waals surface area contributed by atoms with Crippen LogP contribution in [0.15, 0.2) is 0 Å². The first-order valence-electron chi connectivity index (χ1n) is 10.1. The molecule has 1 aromatic heterocycles. The van der Waals surface area contributed by atoms with Gasteiger partial charge < -0.3 is 14.5 Å². The molecule has 3 rings (SSSR count). The standard InChI is InChI=1S/C20H29N5O3/c1-15-17(16(2)25(22-15)9-4-8-21)6-7-19(26)23-10-12-24(13-11-23)20(27)18-5-3-14-28-18/h18H,3-7,9-14H2,1-2H3. The summed E-state index contributed by atoms with van der Waals surface area (Å²) in [5.74, 6) is 0.188. The van der Waals surface area contributed by atoms with Crippen molar-refractivity contribution in [3.05, 3.63) is 17.0 Å². The minimum absolute atomic E-state index is 0.0700. The Bertz CT molecular complexity index is 753. The Balaban J connectivity index is 1.48. The molecule has 2 fully saturated rings. The molecule has 1 atom stereocenters. The Morgan fingerprint density at radius 2 is 1.93 bits per heavy atom. The fourth-order valence-electron chi connectivity index (χ4n) is 4.01. The van der Waals surface area contributed by atoms with E-state index in [-0.39, 0.29) is 17.9 Å². The molecule has 28 heavy (non-hydrogen) atoms. The molecule has 2 aliphatic heterocycles. The molecule has 8 heteroatoms. The third-order valence-electron chi connectivity index (χ3n) is 5.70. The highest BCUT2D eigenvalue weighted by atomic mass is 16.5. The Morgan fingerprint density at radius 3 is 2.57 bits per heavy atom. The highest BCUT2D eigenvalue weighted by molar-refractivity contribution is 5.82. The summed E-state index contributed by atoms with van der Waals surface area (Å²) >= 11 is 0. The maximum Gasteiger partial charge on any atom is 0.251 e. The topological polar surface area (TPSA) is 91.5 Å². The monoisotopic (exact) mass is 387 g/mol. The van der Waals surface area contributed by atoms with Crippen molar-refractivity contribution >= 4 is 11.8 Å². The molecule has 0 N–H and O–H groups in total. The minimum atomic E-state index is -0.286. The summed E-state index contributed by atoms with van der Waals surface area (Å²) in [6.45, 7) is 7.51. The van der Waals surface area contributed by atoms with Gasteiger partial charge in [0.2, 0.25) is 5.91 Å². The van der Waals surface area contributed by atoms with Crippen LogP contribution >= 0.6 is 0 Å². The predicted octanol–water partition coefficient (Wildman–Crippen LogP) is 1.20. The van der Waals surface area contributed by atoms with Crippen molar-refractivity contribution in [2.75, 3.05) is 32.8 Å². The Labute approximate surface area is 166 Å². The summed E-state index contributed by atoms with van der Waals surface area (Å²) < 4.78 is 7.34. The van der Waals surface area contributed by atoms with Crippen molar-refractivity contribution in [2.45, 2.75) is 58.6 Å². The van der Waals surface area contributed by atoms with Gasteiger partial charge in [-0.15, -0.1) is 0 Å². The number of aryl methyl sites for hydroxylation is 2. The average Bonchev–Trinajstić information content (AvgIpc) is 3.33. The van der Waals surface area contributed by atoms with Crippen molar-refractivity contribution in [2.24, 2.45) is 0 Å². The largest absolute Gasteiger partial charge is 0.368 e. The highest BCUT2D eigenvalue weighted by Crippen LogP contribution is 2.18. The van der Waals surface area contributed by atoms with Crippen LogP contribution in [-0.2, 0) is 27.3 Å². The number of rotatable bonds is 6. The van der Waals surface area contributed by atoms with Crippen molar-refractivity contribution in [1.82, 2.24) is 19.6 Å². The zero-order valence-electron chi connectivity index (χ0n) is 16.8. The highest BCUT2D eigenvalue weighted by Gasteiger charge is 2.31. The first-order valence-corrected chi connectivity index (χ1v) is 10.1. The van der Waals surface area contributed by atoms with E-state index in [0.717, 1.165) is 29.8 Å². The smallest absolute Gasteiger partial charge is 0.251 e. The third-order valence-corrected chi connectivity index (χ3v) is 5.70. The van der Waals surface area contributed by atoms with E-state index in [9.17, 15) is 9.59 Å². The molecule has 1 unspecified atom stereocenters. The number of amides is 2. The lowest BCUT2D eigenvalue weighted by Gasteiger charge is -2.35. The number of carbonyl (C=O) groups is 2. The summed E-state index contributed by atoms with van der Waals surface area (Å²) in [6, 6.07) is 2.14. The van der Waals surface area contributed by atoms with Gasteiger partial charge in [-0.05, 0) is 38.7 Å². The van der Waals surface area contributed by atoms with Gasteiger partial charge in [0, 0.05) is 44.9 Å². The molecule has 152 valence electrons. The molecule has 8 nitrogen and oxygen atoms in total. The minimum Gasteiger partial charge on any atom is -0.368 e. The van der Waals surface area contributed by atoms with Gasteiger partial charge in [0.1, 0.15) is 6.10 Å². The normalized spacial score (nSPS) is 19.7. The van der Waals surface area contributed by atoms with Crippen LogP contribution in [-0.4, -0.2) is 70.3 Å². The van der Waals surface area contributed by atoms with Crippen LogP contribution in [0.2, 0.25) is 0 Å². The zero-order valence-corrected chi connectivity index (χ0v) is 16.8. The molecule has 0 aromatic carbocycles. The number of ether oxygens (including phenoxy) is 1. The zero-order chi connectivity index (χ0) is 20.1. The molecule has 2 amide bonds. The lowest BCUT2D eigenvalue weighted by molar-refractivity contribution is -0.146. The van der Waals surface area contributed by atoms with Gasteiger partial charge in [-0.1, -0.05) is 0 Å². The van der Waals surface area contributed by atoms with Gasteiger partial charge in [-0.25, -0.2) is 0 Å². The number of aromatic nitrogens is 2. The van der Waals surface area contributed by atoms with Crippen LogP contribution in [0, 0.1) is 25.2 Å². The van der Waals surface area contributed by atoms with E-state index in [0.29, 0.717) is 58.6 Å². The Morgan fingerprint density at radius 1 is 1.21 bits per heavy atom. The molecular weight excluding hydrogens is 358 g/mol. The van der Waals surface area contributed by atoms with Crippen LogP contribution in [0.5, 0.6) is 0 Å². The summed E-state index contributed by atoms with van der Waals surface area (Å²) in [7, 11) is 0. The first kappa shape index (κ1) is 20.3. The second kappa shape index (κ2) is 9.20. The molecule has 0 bridgehead atoms. The molecule has 2 saturated heterocycles. The number of carbonyl (C=O) groups excluding carboxylic acids is 2. The predicted molar refractivity (Wildman–Crippen MR) is 102 cm³/mol. The maximum atomic E-state index is 12.6. The molecular formula is C20H29N5O3. The second-order valence-corrected chi connectivity index (χ2v) is 7.49. The summed E-state index contributed by atoms with van der Waals surface area (Å²) in [5, 5.41) is 13.2. The number of nitriles is 1. The quantitative estimate of drug-likeness (QED) is 0.731. The molecule has 0 radical (unpaired) electrons. The van der Waals surface area contributed by atoms with Crippen LogP contribution < -0.4 is 0 Å². The second-order valence-electron chi connectivity index (χ2n) is 7.49. The molecule has 0 aliphatic carbocycles. The lowest BCUT2D eigenvalue weighted by Crippen LogP contribution is -2.52. The van der Waals surface area contributed by atoms with Crippen molar-refractivity contribution < 1.29 is 14.3 Å². The summed E-state index contributed by atoms with van der Waals surface area (Å²) in [4.78, 5) is 28.7. The van der Waals surface area contributed by atoms with E-state index in [1.807, 2.05) is 28.3 Å². The van der Waals surface area contributed by atoms with Crippen LogP contribution in [0.3, 0.4) is 0 Å². The van der Waals surface area contributed by atoms with Gasteiger partial charge in [0.25, 0.3) is 5.91 Å². The first-order chi connectivity index (χ1) is 13.5. The van der Waals surface area contributed by atoms with E-state index in [1.54, 1.807) is 0 Å². The third kappa shape index (κ3) is 4.53. The summed E-state index contributed by atoms with van der Waals surface area (Å²) in [6.07, 6.45) is 2.98.